The van der Waals surface area contributed by atoms with E-state index in [0.29, 0.717) is 0 Å². The summed E-state index contributed by atoms with van der Waals surface area (Å²) in [6, 6.07) is 0.803. The molecule has 1 rings (SSSR count). The molecule has 1 aromatic carbocycles. The molecule has 1 aromatic rings. The molecule has 8 nitrogen and oxygen atoms in total. The Balaban J connectivity index is 3.69. The third-order valence-corrected chi connectivity index (χ3v) is 2.42. The Kier molecular flexibility index (Phi) is 3.50. The summed E-state index contributed by atoms with van der Waals surface area (Å²) in [5.74, 6) is -2.35. The maximum atomic E-state index is 11.4. The molecule has 0 unspecified atom stereocenters. The first-order valence-electron chi connectivity index (χ1n) is 4.70. The lowest BCUT2D eigenvalue weighted by Gasteiger charge is -2.10. The van der Waals surface area contributed by atoms with E-state index in [4.69, 9.17) is 10.8 Å². The van der Waals surface area contributed by atoms with Gasteiger partial charge in [-0.3, -0.25) is 10.1 Å². The van der Waals surface area contributed by atoms with Crippen molar-refractivity contribution < 1.29 is 24.4 Å². The molecule has 3 N–H and O–H groups in total. The average molecular weight is 254 g/mol. The quantitative estimate of drug-likeness (QED) is 0.355. The first kappa shape index (κ1) is 13.4. The Labute approximate surface area is 101 Å². The molecule has 0 aliphatic rings. The summed E-state index contributed by atoms with van der Waals surface area (Å²) >= 11 is 0. The molecule has 0 heterocycles. The van der Waals surface area contributed by atoms with Crippen molar-refractivity contribution in [1.29, 1.82) is 0 Å². The Bertz CT molecular complexity index is 552. The maximum absolute atomic E-state index is 11.4. The molecule has 0 saturated heterocycles. The van der Waals surface area contributed by atoms with Crippen LogP contribution in [0.15, 0.2) is 6.07 Å². The summed E-state index contributed by atoms with van der Waals surface area (Å²) < 4.78 is 4.42. The van der Waals surface area contributed by atoms with Crippen molar-refractivity contribution in [2.45, 2.75) is 6.92 Å². The number of esters is 1. The van der Waals surface area contributed by atoms with E-state index in [-0.39, 0.29) is 16.8 Å². The van der Waals surface area contributed by atoms with E-state index in [2.05, 4.69) is 4.74 Å². The van der Waals surface area contributed by atoms with Gasteiger partial charge in [-0.2, -0.15) is 0 Å². The van der Waals surface area contributed by atoms with Gasteiger partial charge in [0.05, 0.1) is 23.3 Å². The molecule has 0 fully saturated rings. The van der Waals surface area contributed by atoms with Crippen LogP contribution in [-0.2, 0) is 4.74 Å². The zero-order valence-corrected chi connectivity index (χ0v) is 9.59. The van der Waals surface area contributed by atoms with Gasteiger partial charge < -0.3 is 15.6 Å². The summed E-state index contributed by atoms with van der Waals surface area (Å²) in [6.45, 7) is 1.29. The third kappa shape index (κ3) is 2.08. The number of anilines is 1. The van der Waals surface area contributed by atoms with E-state index >= 15 is 0 Å². The highest BCUT2D eigenvalue weighted by molar-refractivity contribution is 6.02. The number of ether oxygens (including phenoxy) is 1. The van der Waals surface area contributed by atoms with Crippen molar-refractivity contribution in [3.8, 4) is 0 Å². The summed E-state index contributed by atoms with van der Waals surface area (Å²) in [5.41, 5.74) is 3.92. The molecule has 0 bridgehead atoms. The topological polar surface area (TPSA) is 133 Å². The second-order valence-electron chi connectivity index (χ2n) is 3.41. The van der Waals surface area contributed by atoms with Gasteiger partial charge in [-0.05, 0) is 12.5 Å². The zero-order chi connectivity index (χ0) is 14.0. The number of methoxy groups -OCH3 is 1. The van der Waals surface area contributed by atoms with E-state index in [1.807, 2.05) is 0 Å². The van der Waals surface area contributed by atoms with Crippen LogP contribution in [0.3, 0.4) is 0 Å². The SMILES string of the molecule is COC(=O)c1cc([N+](=O)[O-])c(C(=O)O)c(C)c1N. The molecule has 0 spiro atoms. The minimum atomic E-state index is -1.48. The number of hydrogen-bond donors (Lipinski definition) is 2. The number of aromatic carboxylic acids is 1. The minimum absolute atomic E-state index is 0.0444. The van der Waals surface area contributed by atoms with Gasteiger partial charge in [0.15, 0.2) is 0 Å². The van der Waals surface area contributed by atoms with Gasteiger partial charge in [-0.15, -0.1) is 0 Å². The van der Waals surface area contributed by atoms with Crippen LogP contribution in [0.2, 0.25) is 0 Å². The number of nitrogen functional groups attached to an aromatic ring is 1. The van der Waals surface area contributed by atoms with Crippen molar-refractivity contribution in [3.05, 3.63) is 32.9 Å². The summed E-state index contributed by atoms with van der Waals surface area (Å²) in [5, 5.41) is 19.7. The van der Waals surface area contributed by atoms with Crippen LogP contribution in [0, 0.1) is 17.0 Å². The number of rotatable bonds is 3. The lowest BCUT2D eigenvalue weighted by Crippen LogP contribution is -2.13. The highest BCUT2D eigenvalue weighted by Crippen LogP contribution is 2.30. The summed E-state index contributed by atoms with van der Waals surface area (Å²) in [6.07, 6.45) is 0. The molecule has 0 aliphatic heterocycles. The van der Waals surface area contributed by atoms with E-state index in [9.17, 15) is 19.7 Å². The fourth-order valence-electron chi connectivity index (χ4n) is 1.51. The van der Waals surface area contributed by atoms with E-state index in [1.54, 1.807) is 0 Å². The van der Waals surface area contributed by atoms with Crippen LogP contribution >= 0.6 is 0 Å². The van der Waals surface area contributed by atoms with Crippen LogP contribution in [0.1, 0.15) is 26.3 Å². The van der Waals surface area contributed by atoms with Crippen molar-refractivity contribution in [1.82, 2.24) is 0 Å². The fourth-order valence-corrected chi connectivity index (χ4v) is 1.51. The number of hydrogen-bond acceptors (Lipinski definition) is 6. The molecule has 96 valence electrons. The standard InChI is InChI=1S/C10H10N2O6/c1-4-7(9(13)14)6(12(16)17)3-5(8(4)11)10(15)18-2/h3H,11H2,1-2H3,(H,13,14). The van der Waals surface area contributed by atoms with Gasteiger partial charge in [0, 0.05) is 6.07 Å². The monoisotopic (exact) mass is 254 g/mol. The number of nitrogens with two attached hydrogens (primary N) is 1. The van der Waals surface area contributed by atoms with Gasteiger partial charge in [-0.1, -0.05) is 0 Å². The summed E-state index contributed by atoms with van der Waals surface area (Å²) in [4.78, 5) is 32.3. The first-order chi connectivity index (χ1) is 8.31. The Morgan fingerprint density at radius 1 is 1.50 bits per heavy atom. The lowest BCUT2D eigenvalue weighted by molar-refractivity contribution is -0.385. The molecule has 8 heteroatoms. The second kappa shape index (κ2) is 4.70. The molecule has 0 radical (unpaired) electrons. The molecule has 0 aliphatic carbocycles. The van der Waals surface area contributed by atoms with Crippen molar-refractivity contribution >= 4 is 23.3 Å². The van der Waals surface area contributed by atoms with E-state index in [1.165, 1.54) is 6.92 Å². The number of nitro benzene ring substituents is 1. The molecule has 0 atom stereocenters. The van der Waals surface area contributed by atoms with Gasteiger partial charge in [-0.25, -0.2) is 9.59 Å². The van der Waals surface area contributed by atoms with E-state index < -0.39 is 28.1 Å². The van der Waals surface area contributed by atoms with Gasteiger partial charge in [0.2, 0.25) is 0 Å². The number of carbonyl (C=O) groups is 2. The zero-order valence-electron chi connectivity index (χ0n) is 9.59. The lowest BCUT2D eigenvalue weighted by atomic mass is 10.00. The predicted molar refractivity (Wildman–Crippen MR) is 60.5 cm³/mol. The van der Waals surface area contributed by atoms with Gasteiger partial charge in [0.25, 0.3) is 5.69 Å². The number of nitrogens with zero attached hydrogens (tertiary/aromatic N) is 1. The van der Waals surface area contributed by atoms with Crippen molar-refractivity contribution in [2.24, 2.45) is 0 Å². The van der Waals surface area contributed by atoms with Crippen molar-refractivity contribution in [2.75, 3.05) is 12.8 Å². The number of carboxylic acid groups (broad SMARTS) is 1. The highest BCUT2D eigenvalue weighted by Gasteiger charge is 2.28. The number of nitro groups is 1. The van der Waals surface area contributed by atoms with Gasteiger partial charge >= 0.3 is 11.9 Å². The predicted octanol–water partition coefficient (Wildman–Crippen LogP) is 0.970. The number of carboxylic acids is 1. The Morgan fingerprint density at radius 3 is 2.44 bits per heavy atom. The van der Waals surface area contributed by atoms with Crippen molar-refractivity contribution in [3.63, 3.8) is 0 Å². The smallest absolute Gasteiger partial charge is 0.343 e. The van der Waals surface area contributed by atoms with Crippen LogP contribution in [0.25, 0.3) is 0 Å². The summed E-state index contributed by atoms with van der Waals surface area (Å²) in [7, 11) is 1.09. The molecule has 18 heavy (non-hydrogen) atoms. The largest absolute Gasteiger partial charge is 0.477 e. The minimum Gasteiger partial charge on any atom is -0.477 e. The Hall–Kier alpha value is -2.64. The normalized spacial score (nSPS) is 9.89. The van der Waals surface area contributed by atoms with Crippen LogP contribution in [0.4, 0.5) is 11.4 Å². The van der Waals surface area contributed by atoms with Crippen LogP contribution in [-0.4, -0.2) is 29.1 Å². The van der Waals surface area contributed by atoms with Gasteiger partial charge in [0.1, 0.15) is 5.56 Å². The molecule has 0 amide bonds. The average Bonchev–Trinajstić information content (AvgIpc) is 2.30. The molecular weight excluding hydrogens is 244 g/mol. The number of carbonyl (C=O) groups excluding carboxylic acids is 1. The fraction of sp³-hybridized carbons (Fsp3) is 0.200. The van der Waals surface area contributed by atoms with E-state index in [0.717, 1.165) is 13.2 Å². The highest BCUT2D eigenvalue weighted by atomic mass is 16.6. The first-order valence-corrected chi connectivity index (χ1v) is 4.70. The third-order valence-electron chi connectivity index (χ3n) is 2.42. The molecular formula is C10H10N2O6. The molecule has 0 saturated carbocycles. The van der Waals surface area contributed by atoms with Crippen LogP contribution in [0.5, 0.6) is 0 Å². The van der Waals surface area contributed by atoms with Crippen LogP contribution < -0.4 is 5.73 Å². The molecule has 0 aromatic heterocycles. The number of benzene rings is 1. The Morgan fingerprint density at radius 2 is 2.06 bits per heavy atom. The maximum Gasteiger partial charge on any atom is 0.343 e. The second-order valence-corrected chi connectivity index (χ2v) is 3.41.